The Morgan fingerprint density at radius 3 is 2.70 bits per heavy atom. The number of aromatic nitrogens is 1. The van der Waals surface area contributed by atoms with E-state index < -0.39 is 10.0 Å². The minimum absolute atomic E-state index is 0.360. The first kappa shape index (κ1) is 15.8. The molecule has 0 saturated heterocycles. The molecule has 23 heavy (non-hydrogen) atoms. The fraction of sp³-hybridized carbons (Fsp3) is 0.222. The minimum Gasteiger partial charge on any atom is -0.361 e. The van der Waals surface area contributed by atoms with Crippen molar-refractivity contribution >= 4 is 20.9 Å². The number of aromatic amines is 1. The van der Waals surface area contributed by atoms with Gasteiger partial charge >= 0.3 is 0 Å². The van der Waals surface area contributed by atoms with Crippen molar-refractivity contribution in [3.05, 3.63) is 65.4 Å². The van der Waals surface area contributed by atoms with Gasteiger partial charge in [-0.1, -0.05) is 18.2 Å². The van der Waals surface area contributed by atoms with Gasteiger partial charge in [-0.05, 0) is 66.6 Å². The first-order valence-electron chi connectivity index (χ1n) is 7.59. The molecule has 0 unspecified atom stereocenters. The maximum absolute atomic E-state index is 12.5. The molecule has 0 amide bonds. The molecule has 1 heterocycles. The lowest BCUT2D eigenvalue weighted by Gasteiger charge is -2.10. The van der Waals surface area contributed by atoms with Crippen molar-refractivity contribution < 1.29 is 8.42 Å². The highest BCUT2D eigenvalue weighted by Crippen LogP contribution is 2.17. The van der Waals surface area contributed by atoms with Gasteiger partial charge < -0.3 is 4.98 Å². The van der Waals surface area contributed by atoms with Gasteiger partial charge in [-0.2, -0.15) is 0 Å². The summed E-state index contributed by atoms with van der Waals surface area (Å²) >= 11 is 0. The Balaban J connectivity index is 1.70. The maximum atomic E-state index is 12.5. The van der Waals surface area contributed by atoms with Crippen LogP contribution in [0.1, 0.15) is 16.7 Å². The Bertz CT molecular complexity index is 943. The molecule has 120 valence electrons. The van der Waals surface area contributed by atoms with Gasteiger partial charge in [-0.15, -0.1) is 0 Å². The first-order chi connectivity index (χ1) is 11.0. The zero-order valence-corrected chi connectivity index (χ0v) is 14.1. The Kier molecular flexibility index (Phi) is 4.24. The summed E-state index contributed by atoms with van der Waals surface area (Å²) in [6, 6.07) is 13.6. The molecule has 4 nitrogen and oxygen atoms in total. The molecule has 3 rings (SSSR count). The van der Waals surface area contributed by atoms with E-state index in [1.54, 1.807) is 6.07 Å². The Morgan fingerprint density at radius 1 is 1.04 bits per heavy atom. The van der Waals surface area contributed by atoms with Crippen molar-refractivity contribution in [2.45, 2.75) is 25.2 Å². The topological polar surface area (TPSA) is 62.0 Å². The summed E-state index contributed by atoms with van der Waals surface area (Å²) in [6.45, 7) is 4.09. The SMILES string of the molecule is Cc1ccc(C)c(S(=O)(=O)NCCc2ccc3[nH]ccc3c2)c1. The van der Waals surface area contributed by atoms with Crippen molar-refractivity contribution in [3.8, 4) is 0 Å². The van der Waals surface area contributed by atoms with Gasteiger partial charge in [0.1, 0.15) is 0 Å². The molecule has 5 heteroatoms. The van der Waals surface area contributed by atoms with Crippen LogP contribution in [0.25, 0.3) is 10.9 Å². The molecule has 0 aliphatic carbocycles. The lowest BCUT2D eigenvalue weighted by atomic mass is 10.1. The second-order valence-corrected chi connectivity index (χ2v) is 7.55. The fourth-order valence-corrected chi connectivity index (χ4v) is 4.02. The van der Waals surface area contributed by atoms with Crippen LogP contribution in [0.4, 0.5) is 0 Å². The van der Waals surface area contributed by atoms with Crippen molar-refractivity contribution in [2.24, 2.45) is 0 Å². The highest BCUT2D eigenvalue weighted by molar-refractivity contribution is 7.89. The Morgan fingerprint density at radius 2 is 1.87 bits per heavy atom. The van der Waals surface area contributed by atoms with Gasteiger partial charge in [0.05, 0.1) is 4.90 Å². The van der Waals surface area contributed by atoms with E-state index >= 15 is 0 Å². The van der Waals surface area contributed by atoms with Crippen molar-refractivity contribution in [1.29, 1.82) is 0 Å². The molecule has 1 aromatic heterocycles. The second-order valence-electron chi connectivity index (χ2n) is 5.82. The molecular weight excluding hydrogens is 308 g/mol. The summed E-state index contributed by atoms with van der Waals surface area (Å²) < 4.78 is 27.6. The molecule has 0 spiro atoms. The van der Waals surface area contributed by atoms with Crippen LogP contribution < -0.4 is 4.72 Å². The zero-order chi connectivity index (χ0) is 16.4. The summed E-state index contributed by atoms with van der Waals surface area (Å²) in [7, 11) is -3.47. The molecular formula is C18H20N2O2S. The first-order valence-corrected chi connectivity index (χ1v) is 9.07. The van der Waals surface area contributed by atoms with Crippen LogP contribution in [0.3, 0.4) is 0 Å². The lowest BCUT2D eigenvalue weighted by Crippen LogP contribution is -2.26. The standard InChI is InChI=1S/C18H20N2O2S/c1-13-3-4-14(2)18(11-13)23(21,22)20-10-7-15-5-6-17-16(12-15)8-9-19-17/h3-6,8-9,11-12,19-20H,7,10H2,1-2H3. The summed E-state index contributed by atoms with van der Waals surface area (Å²) in [5.41, 5.74) is 3.90. The molecule has 0 atom stereocenters. The monoisotopic (exact) mass is 328 g/mol. The predicted molar refractivity (Wildman–Crippen MR) is 93.1 cm³/mol. The number of nitrogens with one attached hydrogen (secondary N) is 2. The molecule has 2 N–H and O–H groups in total. The molecule has 0 aliphatic rings. The molecule has 2 aromatic carbocycles. The number of rotatable bonds is 5. The van der Waals surface area contributed by atoms with Crippen molar-refractivity contribution in [3.63, 3.8) is 0 Å². The van der Waals surface area contributed by atoms with E-state index in [4.69, 9.17) is 0 Å². The number of sulfonamides is 1. The van der Waals surface area contributed by atoms with Crippen LogP contribution in [-0.2, 0) is 16.4 Å². The van der Waals surface area contributed by atoms with Crippen molar-refractivity contribution in [1.82, 2.24) is 9.71 Å². The second kappa shape index (κ2) is 6.18. The Labute approximate surface area is 136 Å². The van der Waals surface area contributed by atoms with E-state index in [0.717, 1.165) is 27.6 Å². The number of fused-ring (bicyclic) bond motifs is 1. The molecule has 3 aromatic rings. The van der Waals surface area contributed by atoms with Crippen LogP contribution in [0.15, 0.2) is 53.6 Å². The van der Waals surface area contributed by atoms with Crippen LogP contribution in [0, 0.1) is 13.8 Å². The van der Waals surface area contributed by atoms with Gasteiger partial charge in [0, 0.05) is 18.3 Å². The summed E-state index contributed by atoms with van der Waals surface area (Å²) in [5.74, 6) is 0. The summed E-state index contributed by atoms with van der Waals surface area (Å²) in [6.07, 6.45) is 2.56. The van der Waals surface area contributed by atoms with E-state index in [2.05, 4.69) is 15.8 Å². The normalized spacial score (nSPS) is 11.9. The average molecular weight is 328 g/mol. The molecule has 0 radical (unpaired) electrons. The fourth-order valence-electron chi connectivity index (χ4n) is 2.66. The van der Waals surface area contributed by atoms with Crippen LogP contribution >= 0.6 is 0 Å². The summed E-state index contributed by atoms with van der Waals surface area (Å²) in [5, 5.41) is 1.14. The van der Waals surface area contributed by atoms with Gasteiger partial charge in [0.2, 0.25) is 10.0 Å². The zero-order valence-electron chi connectivity index (χ0n) is 13.3. The van der Waals surface area contributed by atoms with E-state index in [0.29, 0.717) is 17.9 Å². The third-order valence-electron chi connectivity index (χ3n) is 3.96. The van der Waals surface area contributed by atoms with Gasteiger partial charge in [-0.25, -0.2) is 13.1 Å². The number of aryl methyl sites for hydroxylation is 2. The largest absolute Gasteiger partial charge is 0.361 e. The molecule has 0 saturated carbocycles. The number of hydrogen-bond acceptors (Lipinski definition) is 2. The third kappa shape index (κ3) is 3.46. The van der Waals surface area contributed by atoms with E-state index in [-0.39, 0.29) is 0 Å². The molecule has 0 aliphatic heterocycles. The van der Waals surface area contributed by atoms with Gasteiger partial charge in [-0.3, -0.25) is 0 Å². The van der Waals surface area contributed by atoms with Crippen molar-refractivity contribution in [2.75, 3.05) is 6.54 Å². The van der Waals surface area contributed by atoms with Gasteiger partial charge in [0.15, 0.2) is 0 Å². The number of H-pyrrole nitrogens is 1. The van der Waals surface area contributed by atoms with Crippen LogP contribution in [-0.4, -0.2) is 19.9 Å². The van der Waals surface area contributed by atoms with E-state index in [9.17, 15) is 8.42 Å². The number of benzene rings is 2. The maximum Gasteiger partial charge on any atom is 0.240 e. The van der Waals surface area contributed by atoms with E-state index in [1.165, 1.54) is 0 Å². The lowest BCUT2D eigenvalue weighted by molar-refractivity contribution is 0.581. The highest BCUT2D eigenvalue weighted by Gasteiger charge is 2.16. The van der Waals surface area contributed by atoms with Gasteiger partial charge in [0.25, 0.3) is 0 Å². The average Bonchev–Trinajstić information content (AvgIpc) is 2.97. The minimum atomic E-state index is -3.47. The summed E-state index contributed by atoms with van der Waals surface area (Å²) in [4.78, 5) is 3.51. The predicted octanol–water partition coefficient (Wildman–Crippen LogP) is 3.31. The Hall–Kier alpha value is -2.11. The third-order valence-corrected chi connectivity index (χ3v) is 5.56. The highest BCUT2D eigenvalue weighted by atomic mass is 32.2. The molecule has 0 bridgehead atoms. The molecule has 0 fully saturated rings. The van der Waals surface area contributed by atoms with E-state index in [1.807, 2.05) is 50.4 Å². The van der Waals surface area contributed by atoms with Crippen LogP contribution in [0.5, 0.6) is 0 Å². The smallest absolute Gasteiger partial charge is 0.240 e. The van der Waals surface area contributed by atoms with Crippen LogP contribution in [0.2, 0.25) is 0 Å². The quantitative estimate of drug-likeness (QED) is 0.755. The number of hydrogen-bond donors (Lipinski definition) is 2.